The molecule has 0 spiro atoms. The Labute approximate surface area is 84.1 Å². The van der Waals surface area contributed by atoms with Gasteiger partial charge < -0.3 is 0 Å². The molecule has 2 rings (SSSR count). The van der Waals surface area contributed by atoms with Crippen LogP contribution < -0.4 is 0 Å². The van der Waals surface area contributed by atoms with Gasteiger partial charge in [-0.05, 0) is 31.7 Å². The van der Waals surface area contributed by atoms with E-state index in [1.807, 2.05) is 19.3 Å². The van der Waals surface area contributed by atoms with Gasteiger partial charge in [0.2, 0.25) is 0 Å². The molecule has 0 N–H and O–H groups in total. The standard InChI is InChI=1S/C11H16N2O/c1-13-8-7-10(12-13)3-2-4-11(14)9-5-6-9/h7-9H,2-6H2,1H3. The summed E-state index contributed by atoms with van der Waals surface area (Å²) in [4.78, 5) is 11.4. The molecule has 1 saturated carbocycles. The topological polar surface area (TPSA) is 34.9 Å². The largest absolute Gasteiger partial charge is 0.299 e. The van der Waals surface area contributed by atoms with Crippen LogP contribution in [-0.4, -0.2) is 15.6 Å². The fourth-order valence-corrected chi connectivity index (χ4v) is 1.65. The molecule has 76 valence electrons. The molecule has 0 unspecified atom stereocenters. The number of carbonyl (C=O) groups excluding carboxylic acids is 1. The summed E-state index contributed by atoms with van der Waals surface area (Å²) >= 11 is 0. The fraction of sp³-hybridized carbons (Fsp3) is 0.636. The fourth-order valence-electron chi connectivity index (χ4n) is 1.65. The molecule has 0 amide bonds. The van der Waals surface area contributed by atoms with Gasteiger partial charge in [-0.25, -0.2) is 0 Å². The van der Waals surface area contributed by atoms with Crippen LogP contribution in [0.25, 0.3) is 0 Å². The Hall–Kier alpha value is -1.12. The van der Waals surface area contributed by atoms with E-state index in [0.29, 0.717) is 11.7 Å². The van der Waals surface area contributed by atoms with Crippen molar-refractivity contribution in [3.63, 3.8) is 0 Å². The molecule has 14 heavy (non-hydrogen) atoms. The van der Waals surface area contributed by atoms with Gasteiger partial charge in [0.1, 0.15) is 5.78 Å². The van der Waals surface area contributed by atoms with E-state index in [-0.39, 0.29) is 0 Å². The smallest absolute Gasteiger partial charge is 0.135 e. The van der Waals surface area contributed by atoms with Crippen molar-refractivity contribution in [1.29, 1.82) is 0 Å². The first-order valence-corrected chi connectivity index (χ1v) is 5.27. The van der Waals surface area contributed by atoms with Crippen LogP contribution in [0.2, 0.25) is 0 Å². The minimum atomic E-state index is 0.415. The molecular formula is C11H16N2O. The number of Topliss-reactive ketones (excluding diaryl/α,β-unsaturated/α-hetero) is 1. The zero-order valence-electron chi connectivity index (χ0n) is 8.57. The Kier molecular flexibility index (Phi) is 2.66. The molecule has 1 aromatic rings. The predicted molar refractivity (Wildman–Crippen MR) is 53.9 cm³/mol. The first kappa shape index (κ1) is 9.44. The second-order valence-electron chi connectivity index (χ2n) is 4.07. The average Bonchev–Trinajstić information content (AvgIpc) is 2.92. The highest BCUT2D eigenvalue weighted by Gasteiger charge is 2.28. The molecule has 1 aliphatic carbocycles. The minimum Gasteiger partial charge on any atom is -0.299 e. The van der Waals surface area contributed by atoms with Crippen LogP contribution in [0.5, 0.6) is 0 Å². The highest BCUT2D eigenvalue weighted by molar-refractivity contribution is 5.83. The van der Waals surface area contributed by atoms with E-state index < -0.39 is 0 Å². The van der Waals surface area contributed by atoms with Crippen LogP contribution in [0.3, 0.4) is 0 Å². The van der Waals surface area contributed by atoms with E-state index >= 15 is 0 Å². The highest BCUT2D eigenvalue weighted by atomic mass is 16.1. The molecule has 0 aromatic carbocycles. The Morgan fingerprint density at radius 1 is 1.64 bits per heavy atom. The summed E-state index contributed by atoms with van der Waals surface area (Å²) in [6, 6.07) is 2.02. The van der Waals surface area contributed by atoms with Crippen molar-refractivity contribution < 1.29 is 4.79 Å². The number of rotatable bonds is 5. The third-order valence-electron chi connectivity index (χ3n) is 2.66. The molecule has 1 aromatic heterocycles. The van der Waals surface area contributed by atoms with Gasteiger partial charge in [-0.3, -0.25) is 9.48 Å². The van der Waals surface area contributed by atoms with E-state index in [0.717, 1.165) is 37.8 Å². The average molecular weight is 192 g/mol. The van der Waals surface area contributed by atoms with Crippen LogP contribution in [0, 0.1) is 5.92 Å². The van der Waals surface area contributed by atoms with Gasteiger partial charge in [-0.15, -0.1) is 0 Å². The summed E-state index contributed by atoms with van der Waals surface area (Å²) in [7, 11) is 1.92. The third-order valence-corrected chi connectivity index (χ3v) is 2.66. The van der Waals surface area contributed by atoms with Crippen LogP contribution >= 0.6 is 0 Å². The van der Waals surface area contributed by atoms with Gasteiger partial charge in [0.15, 0.2) is 0 Å². The van der Waals surface area contributed by atoms with Gasteiger partial charge >= 0.3 is 0 Å². The third kappa shape index (κ3) is 2.44. The van der Waals surface area contributed by atoms with E-state index in [4.69, 9.17) is 0 Å². The molecule has 1 heterocycles. The summed E-state index contributed by atoms with van der Waals surface area (Å²) in [6.45, 7) is 0. The summed E-state index contributed by atoms with van der Waals surface area (Å²) in [5.41, 5.74) is 1.09. The number of aromatic nitrogens is 2. The number of hydrogen-bond acceptors (Lipinski definition) is 2. The normalized spacial score (nSPS) is 15.8. The van der Waals surface area contributed by atoms with Crippen LogP contribution in [0.15, 0.2) is 12.3 Å². The molecule has 1 fully saturated rings. The van der Waals surface area contributed by atoms with Crippen molar-refractivity contribution in [1.82, 2.24) is 9.78 Å². The van der Waals surface area contributed by atoms with Crippen molar-refractivity contribution in [2.24, 2.45) is 13.0 Å². The summed E-state index contributed by atoms with van der Waals surface area (Å²) in [5, 5.41) is 4.27. The van der Waals surface area contributed by atoms with Crippen molar-refractivity contribution >= 4 is 5.78 Å². The summed E-state index contributed by atoms with van der Waals surface area (Å²) < 4.78 is 1.80. The maximum atomic E-state index is 11.4. The number of aryl methyl sites for hydroxylation is 2. The minimum absolute atomic E-state index is 0.415. The molecule has 0 atom stereocenters. The first-order chi connectivity index (χ1) is 6.75. The van der Waals surface area contributed by atoms with E-state index in [1.165, 1.54) is 0 Å². The zero-order chi connectivity index (χ0) is 9.97. The number of nitrogens with zero attached hydrogens (tertiary/aromatic N) is 2. The number of hydrogen-bond donors (Lipinski definition) is 0. The Morgan fingerprint density at radius 3 is 3.00 bits per heavy atom. The van der Waals surface area contributed by atoms with Gasteiger partial charge in [0, 0.05) is 25.6 Å². The lowest BCUT2D eigenvalue weighted by Gasteiger charge is -1.96. The van der Waals surface area contributed by atoms with Gasteiger partial charge in [-0.2, -0.15) is 5.10 Å². The van der Waals surface area contributed by atoms with Crippen LogP contribution in [-0.2, 0) is 18.3 Å². The second-order valence-corrected chi connectivity index (χ2v) is 4.07. The monoisotopic (exact) mass is 192 g/mol. The van der Waals surface area contributed by atoms with Crippen LogP contribution in [0.1, 0.15) is 31.4 Å². The SMILES string of the molecule is Cn1ccc(CCCC(=O)C2CC2)n1. The lowest BCUT2D eigenvalue weighted by Crippen LogP contribution is -2.01. The molecule has 0 radical (unpaired) electrons. The molecule has 0 saturated heterocycles. The van der Waals surface area contributed by atoms with Crippen molar-refractivity contribution in [2.75, 3.05) is 0 Å². The molecule has 1 aliphatic rings. The highest BCUT2D eigenvalue weighted by Crippen LogP contribution is 2.31. The summed E-state index contributed by atoms with van der Waals surface area (Å²) in [5.74, 6) is 0.875. The molecular weight excluding hydrogens is 176 g/mol. The molecule has 0 bridgehead atoms. The van der Waals surface area contributed by atoms with Crippen LogP contribution in [0.4, 0.5) is 0 Å². The van der Waals surface area contributed by atoms with Gasteiger partial charge in [0.25, 0.3) is 0 Å². The van der Waals surface area contributed by atoms with E-state index in [1.54, 1.807) is 4.68 Å². The van der Waals surface area contributed by atoms with Gasteiger partial charge in [-0.1, -0.05) is 0 Å². The van der Waals surface area contributed by atoms with Crippen molar-refractivity contribution in [3.8, 4) is 0 Å². The van der Waals surface area contributed by atoms with Gasteiger partial charge in [0.05, 0.1) is 5.69 Å². The van der Waals surface area contributed by atoms with E-state index in [9.17, 15) is 4.79 Å². The Balaban J connectivity index is 1.69. The number of carbonyl (C=O) groups is 1. The maximum Gasteiger partial charge on any atom is 0.135 e. The lowest BCUT2D eigenvalue weighted by molar-refractivity contribution is -0.120. The zero-order valence-corrected chi connectivity index (χ0v) is 8.57. The Morgan fingerprint density at radius 2 is 2.43 bits per heavy atom. The summed E-state index contributed by atoms with van der Waals surface area (Å²) in [6.07, 6.45) is 6.82. The van der Waals surface area contributed by atoms with E-state index in [2.05, 4.69) is 5.10 Å². The lowest BCUT2D eigenvalue weighted by atomic mass is 10.1. The quantitative estimate of drug-likeness (QED) is 0.712. The molecule has 3 heteroatoms. The first-order valence-electron chi connectivity index (χ1n) is 5.27. The van der Waals surface area contributed by atoms with Crippen molar-refractivity contribution in [3.05, 3.63) is 18.0 Å². The maximum absolute atomic E-state index is 11.4. The Bertz CT molecular complexity index is 326. The van der Waals surface area contributed by atoms with Crippen molar-refractivity contribution in [2.45, 2.75) is 32.1 Å². The predicted octanol–water partition coefficient (Wildman–Crippen LogP) is 1.72. The second kappa shape index (κ2) is 3.95. The number of ketones is 1. The molecule has 3 nitrogen and oxygen atoms in total. The molecule has 0 aliphatic heterocycles.